The zero-order chi connectivity index (χ0) is 13.0. The molecule has 0 aliphatic carbocycles. The molecule has 7 heteroatoms. The van der Waals surface area contributed by atoms with E-state index in [0.29, 0.717) is 11.6 Å². The number of aryl methyl sites for hydroxylation is 2. The Labute approximate surface area is 105 Å². The van der Waals surface area contributed by atoms with Crippen molar-refractivity contribution in [3.05, 3.63) is 29.8 Å². The summed E-state index contributed by atoms with van der Waals surface area (Å²) in [6.07, 6.45) is 3.84. The molecule has 0 atom stereocenters. The van der Waals surface area contributed by atoms with Gasteiger partial charge in [0.05, 0.1) is 12.7 Å². The van der Waals surface area contributed by atoms with Crippen molar-refractivity contribution in [2.24, 2.45) is 5.84 Å². The zero-order valence-electron chi connectivity index (χ0n) is 10.5. The predicted octanol–water partition coefficient (Wildman–Crippen LogP) is 0.688. The lowest BCUT2D eigenvalue weighted by Gasteiger charge is -2.08. The Morgan fingerprint density at radius 2 is 2.06 bits per heavy atom. The van der Waals surface area contributed by atoms with Crippen LogP contribution in [0.4, 0.5) is 11.6 Å². The molecular weight excluding hydrogens is 230 g/mol. The molecule has 2 rings (SSSR count). The van der Waals surface area contributed by atoms with Crippen molar-refractivity contribution in [2.45, 2.75) is 20.4 Å². The molecule has 2 aromatic heterocycles. The van der Waals surface area contributed by atoms with Crippen molar-refractivity contribution in [1.29, 1.82) is 0 Å². The Hall–Kier alpha value is -2.15. The summed E-state index contributed by atoms with van der Waals surface area (Å²) in [6, 6.07) is 1.77. The third-order valence-corrected chi connectivity index (χ3v) is 2.40. The third-order valence-electron chi connectivity index (χ3n) is 2.40. The van der Waals surface area contributed by atoms with Crippen molar-refractivity contribution >= 4 is 11.6 Å². The fourth-order valence-corrected chi connectivity index (χ4v) is 1.62. The van der Waals surface area contributed by atoms with Crippen LogP contribution < -0.4 is 16.6 Å². The second-order valence-corrected chi connectivity index (χ2v) is 4.04. The molecule has 0 aromatic carbocycles. The number of nitrogens with two attached hydrogens (primary N) is 1. The van der Waals surface area contributed by atoms with Crippen LogP contribution in [-0.2, 0) is 6.54 Å². The molecule has 0 fully saturated rings. The van der Waals surface area contributed by atoms with Crippen molar-refractivity contribution in [3.8, 4) is 0 Å². The van der Waals surface area contributed by atoms with Gasteiger partial charge in [-0.2, -0.15) is 5.10 Å². The summed E-state index contributed by atoms with van der Waals surface area (Å²) in [6.45, 7) is 5.36. The monoisotopic (exact) mass is 247 g/mol. The van der Waals surface area contributed by atoms with Gasteiger partial charge in [-0.1, -0.05) is 0 Å². The first-order chi connectivity index (χ1) is 8.67. The molecule has 0 unspecified atom stereocenters. The number of nitrogens with zero attached hydrogens (tertiary/aromatic N) is 4. The van der Waals surface area contributed by atoms with E-state index in [2.05, 4.69) is 25.8 Å². The van der Waals surface area contributed by atoms with Gasteiger partial charge in [0.1, 0.15) is 17.5 Å². The van der Waals surface area contributed by atoms with Crippen LogP contribution in [0.1, 0.15) is 11.4 Å². The highest BCUT2D eigenvalue weighted by atomic mass is 15.3. The lowest BCUT2D eigenvalue weighted by atomic mass is 10.4. The van der Waals surface area contributed by atoms with E-state index in [0.717, 1.165) is 24.5 Å². The molecule has 0 aliphatic heterocycles. The normalized spacial score (nSPS) is 10.4. The highest BCUT2D eigenvalue weighted by molar-refractivity contribution is 5.46. The van der Waals surface area contributed by atoms with E-state index in [4.69, 9.17) is 5.84 Å². The maximum atomic E-state index is 5.33. The molecule has 18 heavy (non-hydrogen) atoms. The molecule has 0 amide bonds. The molecule has 0 saturated carbocycles. The van der Waals surface area contributed by atoms with E-state index in [9.17, 15) is 0 Å². The SMILES string of the molecule is Cc1cnn(CCNc2cc(NN)nc(C)n2)c1. The molecular formula is C11H17N7. The van der Waals surface area contributed by atoms with Crippen molar-refractivity contribution in [3.63, 3.8) is 0 Å². The molecule has 0 radical (unpaired) electrons. The van der Waals surface area contributed by atoms with Crippen LogP contribution in [0.2, 0.25) is 0 Å². The van der Waals surface area contributed by atoms with Gasteiger partial charge in [0.15, 0.2) is 0 Å². The van der Waals surface area contributed by atoms with E-state index < -0.39 is 0 Å². The van der Waals surface area contributed by atoms with Gasteiger partial charge >= 0.3 is 0 Å². The van der Waals surface area contributed by atoms with Crippen LogP contribution in [0.3, 0.4) is 0 Å². The Morgan fingerprint density at radius 1 is 1.28 bits per heavy atom. The molecule has 0 saturated heterocycles. The van der Waals surface area contributed by atoms with Gasteiger partial charge in [0, 0.05) is 18.8 Å². The van der Waals surface area contributed by atoms with Crippen molar-refractivity contribution in [2.75, 3.05) is 17.3 Å². The van der Waals surface area contributed by atoms with Crippen molar-refractivity contribution < 1.29 is 0 Å². The predicted molar refractivity (Wildman–Crippen MR) is 70.0 cm³/mol. The van der Waals surface area contributed by atoms with Crippen LogP contribution in [0.25, 0.3) is 0 Å². The molecule has 0 aliphatic rings. The third kappa shape index (κ3) is 3.17. The molecule has 2 aromatic rings. The van der Waals surface area contributed by atoms with Gasteiger partial charge in [-0.25, -0.2) is 15.8 Å². The first-order valence-electron chi connectivity index (χ1n) is 5.72. The number of aromatic nitrogens is 4. The lowest BCUT2D eigenvalue weighted by molar-refractivity contribution is 0.636. The minimum absolute atomic E-state index is 0.597. The maximum Gasteiger partial charge on any atom is 0.145 e. The van der Waals surface area contributed by atoms with Gasteiger partial charge in [0.25, 0.3) is 0 Å². The van der Waals surface area contributed by atoms with Crippen LogP contribution in [0.15, 0.2) is 18.5 Å². The van der Waals surface area contributed by atoms with E-state index in [1.807, 2.05) is 30.9 Å². The standard InChI is InChI=1S/C11H17N7/c1-8-6-14-18(7-8)4-3-13-10-5-11(17-12)16-9(2)15-10/h5-7H,3-4,12H2,1-2H3,(H2,13,15,16,17). The lowest BCUT2D eigenvalue weighted by Crippen LogP contribution is -2.14. The summed E-state index contributed by atoms with van der Waals surface area (Å²) in [5, 5.41) is 7.42. The van der Waals surface area contributed by atoms with Crippen LogP contribution in [0.5, 0.6) is 0 Å². The first-order valence-corrected chi connectivity index (χ1v) is 5.72. The number of hydrogen-bond acceptors (Lipinski definition) is 6. The van der Waals surface area contributed by atoms with Gasteiger partial charge < -0.3 is 10.7 Å². The first kappa shape index (κ1) is 12.3. The average molecular weight is 247 g/mol. The van der Waals surface area contributed by atoms with Crippen LogP contribution in [0, 0.1) is 13.8 Å². The maximum absolute atomic E-state index is 5.33. The number of hydrogen-bond donors (Lipinski definition) is 3. The topological polar surface area (TPSA) is 93.7 Å². The number of rotatable bonds is 5. The van der Waals surface area contributed by atoms with Gasteiger partial charge in [0.2, 0.25) is 0 Å². The summed E-state index contributed by atoms with van der Waals surface area (Å²) in [5.41, 5.74) is 3.67. The number of anilines is 2. The molecule has 7 nitrogen and oxygen atoms in total. The Kier molecular flexibility index (Phi) is 3.73. The fourth-order valence-electron chi connectivity index (χ4n) is 1.62. The summed E-state index contributed by atoms with van der Waals surface area (Å²) in [7, 11) is 0. The van der Waals surface area contributed by atoms with Gasteiger partial charge in [-0.15, -0.1) is 0 Å². The fraction of sp³-hybridized carbons (Fsp3) is 0.364. The van der Waals surface area contributed by atoms with Gasteiger partial charge in [-0.3, -0.25) is 4.68 Å². The van der Waals surface area contributed by atoms with E-state index in [1.165, 1.54) is 0 Å². The number of nitrogen functional groups attached to an aromatic ring is 1. The van der Waals surface area contributed by atoms with E-state index in [1.54, 1.807) is 6.07 Å². The summed E-state index contributed by atoms with van der Waals surface area (Å²) < 4.78 is 1.89. The minimum atomic E-state index is 0.597. The smallest absolute Gasteiger partial charge is 0.145 e. The van der Waals surface area contributed by atoms with E-state index in [-0.39, 0.29) is 0 Å². The molecule has 96 valence electrons. The highest BCUT2D eigenvalue weighted by Gasteiger charge is 2.00. The molecule has 2 heterocycles. The average Bonchev–Trinajstić information content (AvgIpc) is 2.74. The van der Waals surface area contributed by atoms with Crippen LogP contribution >= 0.6 is 0 Å². The van der Waals surface area contributed by atoms with Gasteiger partial charge in [-0.05, 0) is 19.4 Å². The number of hydrazine groups is 1. The Morgan fingerprint density at radius 3 is 2.72 bits per heavy atom. The quantitative estimate of drug-likeness (QED) is 0.531. The largest absolute Gasteiger partial charge is 0.368 e. The molecule has 0 spiro atoms. The Bertz CT molecular complexity index is 520. The zero-order valence-corrected chi connectivity index (χ0v) is 10.5. The Balaban J connectivity index is 1.91. The van der Waals surface area contributed by atoms with Crippen molar-refractivity contribution in [1.82, 2.24) is 19.7 Å². The second-order valence-electron chi connectivity index (χ2n) is 4.04. The molecule has 0 bridgehead atoms. The minimum Gasteiger partial charge on any atom is -0.368 e. The summed E-state index contributed by atoms with van der Waals surface area (Å²) in [5.74, 6) is 7.34. The number of nitrogens with one attached hydrogen (secondary N) is 2. The summed E-state index contributed by atoms with van der Waals surface area (Å²) >= 11 is 0. The van der Waals surface area contributed by atoms with E-state index >= 15 is 0 Å². The highest BCUT2D eigenvalue weighted by Crippen LogP contribution is 2.09. The second kappa shape index (κ2) is 5.46. The summed E-state index contributed by atoms with van der Waals surface area (Å²) in [4.78, 5) is 8.39. The van der Waals surface area contributed by atoms with Crippen LogP contribution in [-0.4, -0.2) is 26.3 Å². The molecule has 4 N–H and O–H groups in total.